The lowest BCUT2D eigenvalue weighted by Gasteiger charge is -2.33. The Morgan fingerprint density at radius 1 is 0.907 bits per heavy atom. The average molecular weight is 679 g/mol. The molecule has 3 aromatic rings. The van der Waals surface area contributed by atoms with Crippen LogP contribution in [0.2, 0.25) is 15.1 Å². The highest BCUT2D eigenvalue weighted by atomic mass is 35.5. The van der Waals surface area contributed by atoms with Gasteiger partial charge in [-0.05, 0) is 62.7 Å². The van der Waals surface area contributed by atoms with Crippen LogP contribution >= 0.6 is 34.8 Å². The summed E-state index contributed by atoms with van der Waals surface area (Å²) in [5, 5.41) is 2.52. The third-order valence-electron chi connectivity index (χ3n) is 6.71. The Morgan fingerprint density at radius 2 is 1.51 bits per heavy atom. The van der Waals surface area contributed by atoms with E-state index in [1.54, 1.807) is 19.1 Å². The van der Waals surface area contributed by atoms with Gasteiger partial charge in [-0.3, -0.25) is 13.9 Å². The number of sulfonamides is 1. The Labute approximate surface area is 263 Å². The fourth-order valence-corrected chi connectivity index (χ4v) is 6.20. The van der Waals surface area contributed by atoms with Crippen LogP contribution in [0.25, 0.3) is 0 Å². The van der Waals surface area contributed by atoms with Gasteiger partial charge in [-0.2, -0.15) is 13.2 Å². The van der Waals surface area contributed by atoms with Crippen LogP contribution in [0.4, 0.5) is 18.9 Å². The predicted molar refractivity (Wildman–Crippen MR) is 162 cm³/mol. The number of hydrogen-bond donors (Lipinski definition) is 1. The van der Waals surface area contributed by atoms with Crippen molar-refractivity contribution >= 4 is 62.3 Å². The number of carbonyl (C=O) groups is 2. The summed E-state index contributed by atoms with van der Waals surface area (Å²) in [7, 11) is -4.59. The number of benzene rings is 3. The predicted octanol–water partition coefficient (Wildman–Crippen LogP) is 7.19. The first-order chi connectivity index (χ1) is 20.1. The van der Waals surface area contributed by atoms with E-state index in [1.807, 2.05) is 6.92 Å². The second-order valence-corrected chi connectivity index (χ2v) is 12.8. The molecular weight excluding hydrogens is 650 g/mol. The Bertz CT molecular complexity index is 1550. The van der Waals surface area contributed by atoms with Crippen LogP contribution in [-0.4, -0.2) is 43.8 Å². The lowest BCUT2D eigenvalue weighted by Crippen LogP contribution is -2.52. The number of alkyl halides is 3. The fraction of sp³-hybridized carbons (Fsp3) is 0.310. The molecule has 14 heteroatoms. The number of nitrogens with one attached hydrogen (secondary N) is 1. The van der Waals surface area contributed by atoms with E-state index in [2.05, 4.69) is 5.32 Å². The molecule has 2 atom stereocenters. The molecule has 0 aliphatic carbocycles. The minimum atomic E-state index is -4.91. The molecule has 0 spiro atoms. The average Bonchev–Trinajstić information content (AvgIpc) is 2.95. The smallest absolute Gasteiger partial charge is 0.352 e. The highest BCUT2D eigenvalue weighted by Crippen LogP contribution is 2.38. The first-order valence-corrected chi connectivity index (χ1v) is 15.6. The van der Waals surface area contributed by atoms with Gasteiger partial charge < -0.3 is 10.2 Å². The number of carbonyl (C=O) groups excluding carboxylic acids is 2. The summed E-state index contributed by atoms with van der Waals surface area (Å²) in [4.78, 5) is 27.9. The zero-order chi connectivity index (χ0) is 32.1. The maximum absolute atomic E-state index is 14.0. The number of rotatable bonds is 11. The topological polar surface area (TPSA) is 86.8 Å². The maximum atomic E-state index is 14.0. The number of halogens is 6. The molecule has 0 heterocycles. The van der Waals surface area contributed by atoms with Crippen LogP contribution in [0.1, 0.15) is 38.3 Å². The summed E-state index contributed by atoms with van der Waals surface area (Å²) in [6.45, 7) is 3.82. The summed E-state index contributed by atoms with van der Waals surface area (Å²) >= 11 is 18.5. The first-order valence-electron chi connectivity index (χ1n) is 13.0. The van der Waals surface area contributed by atoms with E-state index >= 15 is 0 Å². The first kappa shape index (κ1) is 34.5. The molecule has 0 bridgehead atoms. The zero-order valence-corrected chi connectivity index (χ0v) is 26.4. The molecule has 0 aliphatic rings. The Morgan fingerprint density at radius 3 is 2.07 bits per heavy atom. The minimum Gasteiger partial charge on any atom is -0.352 e. The molecule has 0 aromatic heterocycles. The Balaban J connectivity index is 2.14. The molecule has 0 unspecified atom stereocenters. The summed E-state index contributed by atoms with van der Waals surface area (Å²) in [6.07, 6.45) is -4.31. The highest BCUT2D eigenvalue weighted by Gasteiger charge is 2.37. The van der Waals surface area contributed by atoms with Crippen molar-refractivity contribution in [1.82, 2.24) is 10.2 Å². The SMILES string of the molecule is CC[C@H](C)NC(=O)[C@@H](C)N(Cc1c(Cl)cccc1Cl)C(=O)CN(c1ccc(Cl)c(C(F)(F)F)c1)S(=O)(=O)c1ccccc1. The Kier molecular flexibility index (Phi) is 11.4. The molecular formula is C29H29Cl3F3N3O4S. The lowest BCUT2D eigenvalue weighted by atomic mass is 10.1. The van der Waals surface area contributed by atoms with E-state index in [1.165, 1.54) is 43.3 Å². The summed E-state index contributed by atoms with van der Waals surface area (Å²) in [6, 6.07) is 12.7. The monoisotopic (exact) mass is 677 g/mol. The van der Waals surface area contributed by atoms with Gasteiger partial charge in [0.25, 0.3) is 10.0 Å². The van der Waals surface area contributed by atoms with Crippen molar-refractivity contribution in [3.8, 4) is 0 Å². The van der Waals surface area contributed by atoms with Gasteiger partial charge in [-0.25, -0.2) is 8.42 Å². The van der Waals surface area contributed by atoms with Gasteiger partial charge in [0.05, 0.1) is 21.2 Å². The quantitative estimate of drug-likeness (QED) is 0.233. The van der Waals surface area contributed by atoms with E-state index in [0.717, 1.165) is 17.0 Å². The van der Waals surface area contributed by atoms with Gasteiger partial charge in [0, 0.05) is 28.2 Å². The summed E-state index contributed by atoms with van der Waals surface area (Å²) < 4.78 is 69.4. The molecule has 2 amide bonds. The van der Waals surface area contributed by atoms with Crippen LogP contribution < -0.4 is 9.62 Å². The second kappa shape index (κ2) is 14.2. The molecule has 1 N–H and O–H groups in total. The maximum Gasteiger partial charge on any atom is 0.417 e. The van der Waals surface area contributed by atoms with Crippen molar-refractivity contribution in [2.24, 2.45) is 0 Å². The molecule has 7 nitrogen and oxygen atoms in total. The highest BCUT2D eigenvalue weighted by molar-refractivity contribution is 7.92. The van der Waals surface area contributed by atoms with Gasteiger partial charge in [0.15, 0.2) is 0 Å². The largest absolute Gasteiger partial charge is 0.417 e. The van der Waals surface area contributed by atoms with Gasteiger partial charge in [0.1, 0.15) is 12.6 Å². The van der Waals surface area contributed by atoms with Gasteiger partial charge in [-0.15, -0.1) is 0 Å². The van der Waals surface area contributed by atoms with Crippen LogP contribution in [0.3, 0.4) is 0 Å². The van der Waals surface area contributed by atoms with E-state index in [4.69, 9.17) is 34.8 Å². The van der Waals surface area contributed by atoms with Crippen molar-refractivity contribution < 1.29 is 31.2 Å². The standard InChI is InChI=1S/C29H29Cl3F3N3O4S/c1-4-18(2)36-28(40)19(3)37(16-22-24(30)11-8-12-25(22)31)27(39)17-38(43(41,42)21-9-6-5-7-10-21)20-13-14-26(32)23(15-20)29(33,34)35/h5-15,18-19H,4,16-17H2,1-3H3,(H,36,40)/t18-,19+/m0/s1. The van der Waals surface area contributed by atoms with E-state index in [0.29, 0.717) is 22.4 Å². The summed E-state index contributed by atoms with van der Waals surface area (Å²) in [5.74, 6) is -1.43. The molecule has 43 heavy (non-hydrogen) atoms. The molecule has 3 aromatic carbocycles. The number of hydrogen-bond acceptors (Lipinski definition) is 4. The number of amides is 2. The third-order valence-corrected chi connectivity index (χ3v) is 9.54. The van der Waals surface area contributed by atoms with E-state index < -0.39 is 56.9 Å². The molecule has 3 rings (SSSR count). The van der Waals surface area contributed by atoms with Crippen molar-refractivity contribution in [3.63, 3.8) is 0 Å². The van der Waals surface area contributed by atoms with Crippen LogP contribution in [0.5, 0.6) is 0 Å². The van der Waals surface area contributed by atoms with Crippen molar-refractivity contribution in [2.75, 3.05) is 10.8 Å². The van der Waals surface area contributed by atoms with Crippen molar-refractivity contribution in [3.05, 3.63) is 92.9 Å². The van der Waals surface area contributed by atoms with Gasteiger partial charge in [-0.1, -0.05) is 66.0 Å². The normalized spacial score (nSPS) is 13.2. The molecule has 0 radical (unpaired) electrons. The van der Waals surface area contributed by atoms with Crippen LogP contribution in [0, 0.1) is 0 Å². The zero-order valence-electron chi connectivity index (χ0n) is 23.3. The minimum absolute atomic E-state index is 0.195. The van der Waals surface area contributed by atoms with E-state index in [-0.39, 0.29) is 27.5 Å². The third kappa shape index (κ3) is 8.35. The molecule has 0 fully saturated rings. The molecule has 0 saturated heterocycles. The van der Waals surface area contributed by atoms with Crippen LogP contribution in [0.15, 0.2) is 71.6 Å². The lowest BCUT2D eigenvalue weighted by molar-refractivity contribution is -0.139. The second-order valence-electron chi connectivity index (χ2n) is 9.70. The van der Waals surface area contributed by atoms with Gasteiger partial charge >= 0.3 is 6.18 Å². The number of anilines is 1. The van der Waals surface area contributed by atoms with Crippen molar-refractivity contribution in [2.45, 2.75) is 56.9 Å². The molecule has 0 saturated carbocycles. The molecule has 232 valence electrons. The Hall–Kier alpha value is -2.99. The van der Waals surface area contributed by atoms with Crippen molar-refractivity contribution in [1.29, 1.82) is 0 Å². The number of nitrogens with zero attached hydrogens (tertiary/aromatic N) is 2. The van der Waals surface area contributed by atoms with Crippen LogP contribution in [-0.2, 0) is 32.3 Å². The van der Waals surface area contributed by atoms with Gasteiger partial charge in [0.2, 0.25) is 11.8 Å². The molecule has 0 aliphatic heterocycles. The fourth-order valence-electron chi connectivity index (χ4n) is 4.04. The summed E-state index contributed by atoms with van der Waals surface area (Å²) in [5.41, 5.74) is -1.44. The van der Waals surface area contributed by atoms with E-state index in [9.17, 15) is 31.2 Å².